The van der Waals surface area contributed by atoms with Crippen molar-refractivity contribution in [3.05, 3.63) is 23.8 Å². The number of rotatable bonds is 1. The van der Waals surface area contributed by atoms with Crippen LogP contribution in [-0.2, 0) is 22.6 Å². The Labute approximate surface area is 96.5 Å². The first kappa shape index (κ1) is 14.5. The normalized spacial score (nSPS) is 12.5. The van der Waals surface area contributed by atoms with E-state index >= 15 is 0 Å². The molecule has 0 unspecified atom stereocenters. The summed E-state index contributed by atoms with van der Waals surface area (Å²) in [4.78, 5) is 19.3. The van der Waals surface area contributed by atoms with E-state index in [1.165, 1.54) is 18.4 Å². The molecule has 0 spiro atoms. The summed E-state index contributed by atoms with van der Waals surface area (Å²) in [5.41, 5.74) is 2.45. The third kappa shape index (κ3) is 4.84. The first-order valence-corrected chi connectivity index (χ1v) is 5.20. The smallest absolute Gasteiger partial charge is 0.292 e. The van der Waals surface area contributed by atoms with Gasteiger partial charge in [-0.25, -0.2) is 9.97 Å². The molecule has 1 aliphatic heterocycles. The number of nitrogens with zero attached hydrogens (tertiary/aromatic N) is 3. The Morgan fingerprint density at radius 3 is 2.56 bits per heavy atom. The van der Waals surface area contributed by atoms with Crippen LogP contribution in [0.3, 0.4) is 0 Å². The summed E-state index contributed by atoms with van der Waals surface area (Å²) in [5, 5.41) is 0. The molecule has 0 radical (unpaired) electrons. The predicted octanol–water partition coefficient (Wildman–Crippen LogP) is 1.24. The number of hydrogen-bond acceptors (Lipinski definition) is 5. The van der Waals surface area contributed by atoms with E-state index in [1.807, 2.05) is 20.0 Å². The maximum atomic E-state index is 8.95. The Kier molecular flexibility index (Phi) is 7.97. The van der Waals surface area contributed by atoms with Crippen LogP contribution in [-0.4, -0.2) is 35.5 Å². The highest BCUT2D eigenvalue weighted by molar-refractivity contribution is 5.36. The van der Waals surface area contributed by atoms with Gasteiger partial charge in [-0.1, -0.05) is 13.8 Å². The van der Waals surface area contributed by atoms with Gasteiger partial charge in [0.2, 0.25) is 0 Å². The minimum Gasteiger partial charge on any atom is -0.471 e. The van der Waals surface area contributed by atoms with Gasteiger partial charge in [0.1, 0.15) is 6.33 Å². The molecule has 16 heavy (non-hydrogen) atoms. The topological polar surface area (TPSA) is 55.3 Å². The lowest BCUT2D eigenvalue weighted by Gasteiger charge is -2.01. The van der Waals surface area contributed by atoms with Gasteiger partial charge in [0.25, 0.3) is 6.47 Å². The van der Waals surface area contributed by atoms with Crippen LogP contribution in [0.25, 0.3) is 0 Å². The van der Waals surface area contributed by atoms with Gasteiger partial charge >= 0.3 is 0 Å². The molecule has 0 aromatic carbocycles. The summed E-state index contributed by atoms with van der Waals surface area (Å²) in [6.07, 6.45) is 3.50. The van der Waals surface area contributed by atoms with Crippen LogP contribution in [0.1, 0.15) is 25.1 Å². The zero-order valence-electron chi connectivity index (χ0n) is 10.3. The quantitative estimate of drug-likeness (QED) is 0.673. The Morgan fingerprint density at radius 1 is 1.44 bits per heavy atom. The van der Waals surface area contributed by atoms with Crippen molar-refractivity contribution in [2.45, 2.75) is 26.9 Å². The highest BCUT2D eigenvalue weighted by atomic mass is 16.5. The summed E-state index contributed by atoms with van der Waals surface area (Å²) >= 11 is 0. The van der Waals surface area contributed by atoms with Crippen molar-refractivity contribution in [1.82, 2.24) is 14.9 Å². The lowest BCUT2D eigenvalue weighted by molar-refractivity contribution is -0.126. The van der Waals surface area contributed by atoms with Crippen molar-refractivity contribution in [2.75, 3.05) is 14.2 Å². The van der Waals surface area contributed by atoms with E-state index in [2.05, 4.69) is 26.7 Å². The SMILES string of the molecule is CC.CN1Cc2cncnc2C1.COC=O. The van der Waals surface area contributed by atoms with Crippen molar-refractivity contribution in [1.29, 1.82) is 0 Å². The number of aromatic nitrogens is 2. The van der Waals surface area contributed by atoms with E-state index in [0.717, 1.165) is 13.1 Å². The van der Waals surface area contributed by atoms with Crippen molar-refractivity contribution in [3.8, 4) is 0 Å². The van der Waals surface area contributed by atoms with Crippen LogP contribution in [0.2, 0.25) is 0 Å². The molecule has 0 aliphatic carbocycles. The third-order valence-corrected chi connectivity index (χ3v) is 1.84. The highest BCUT2D eigenvalue weighted by Crippen LogP contribution is 2.16. The molecule has 5 heteroatoms. The van der Waals surface area contributed by atoms with E-state index in [4.69, 9.17) is 4.79 Å². The maximum absolute atomic E-state index is 8.95. The number of carbonyl (C=O) groups excluding carboxylic acids is 1. The fourth-order valence-corrected chi connectivity index (χ4v) is 1.26. The Morgan fingerprint density at radius 2 is 2.06 bits per heavy atom. The molecular formula is C11H19N3O2. The van der Waals surface area contributed by atoms with Gasteiger partial charge in [-0.05, 0) is 7.05 Å². The molecule has 1 aromatic rings. The summed E-state index contributed by atoms with van der Waals surface area (Å²) < 4.78 is 3.86. The van der Waals surface area contributed by atoms with Gasteiger partial charge < -0.3 is 4.74 Å². The Hall–Kier alpha value is -1.49. The van der Waals surface area contributed by atoms with Crippen LogP contribution in [0.5, 0.6) is 0 Å². The number of hydrogen-bond donors (Lipinski definition) is 0. The van der Waals surface area contributed by atoms with Crippen LogP contribution in [0.4, 0.5) is 0 Å². The van der Waals surface area contributed by atoms with Crippen LogP contribution < -0.4 is 0 Å². The Bertz CT molecular complexity index is 280. The van der Waals surface area contributed by atoms with Gasteiger partial charge in [-0.2, -0.15) is 0 Å². The van der Waals surface area contributed by atoms with E-state index in [-0.39, 0.29) is 0 Å². The molecule has 0 saturated carbocycles. The van der Waals surface area contributed by atoms with Gasteiger partial charge in [-0.3, -0.25) is 9.69 Å². The van der Waals surface area contributed by atoms with Crippen LogP contribution >= 0.6 is 0 Å². The maximum Gasteiger partial charge on any atom is 0.292 e. The van der Waals surface area contributed by atoms with Crippen molar-refractivity contribution in [3.63, 3.8) is 0 Å². The number of methoxy groups -OCH3 is 1. The molecule has 2 heterocycles. The predicted molar refractivity (Wildman–Crippen MR) is 61.6 cm³/mol. The molecule has 1 aliphatic rings. The van der Waals surface area contributed by atoms with Crippen molar-refractivity contribution >= 4 is 6.47 Å². The highest BCUT2D eigenvalue weighted by Gasteiger charge is 2.15. The largest absolute Gasteiger partial charge is 0.471 e. The fourth-order valence-electron chi connectivity index (χ4n) is 1.26. The third-order valence-electron chi connectivity index (χ3n) is 1.84. The van der Waals surface area contributed by atoms with E-state index in [9.17, 15) is 0 Å². The summed E-state index contributed by atoms with van der Waals surface area (Å²) in [6.45, 7) is 6.34. The zero-order valence-corrected chi connectivity index (χ0v) is 10.3. The van der Waals surface area contributed by atoms with Crippen LogP contribution in [0.15, 0.2) is 12.5 Å². The Balaban J connectivity index is 0.000000323. The summed E-state index contributed by atoms with van der Waals surface area (Å²) in [5.74, 6) is 0. The second-order valence-corrected chi connectivity index (χ2v) is 3.00. The molecule has 90 valence electrons. The van der Waals surface area contributed by atoms with Gasteiger partial charge in [0, 0.05) is 24.8 Å². The number of ether oxygens (including phenoxy) is 1. The zero-order chi connectivity index (χ0) is 12.4. The lowest BCUT2D eigenvalue weighted by atomic mass is 10.3. The van der Waals surface area contributed by atoms with Crippen LogP contribution in [0, 0.1) is 0 Å². The van der Waals surface area contributed by atoms with E-state index < -0.39 is 0 Å². The number of fused-ring (bicyclic) bond motifs is 1. The monoisotopic (exact) mass is 225 g/mol. The molecule has 1 aromatic heterocycles. The van der Waals surface area contributed by atoms with Crippen molar-refractivity contribution in [2.24, 2.45) is 0 Å². The van der Waals surface area contributed by atoms with Gasteiger partial charge in [0.15, 0.2) is 0 Å². The second kappa shape index (κ2) is 8.79. The summed E-state index contributed by atoms with van der Waals surface area (Å²) in [7, 11) is 3.40. The standard InChI is InChI=1S/C7H9N3.C2H4O2.C2H6/c1-10-3-6-2-8-5-9-7(6)4-10;1-4-2-3;1-2/h2,5H,3-4H2,1H3;2H,1H3;1-2H3. The molecule has 0 amide bonds. The molecule has 5 nitrogen and oxygen atoms in total. The minimum atomic E-state index is 0.375. The molecule has 0 bridgehead atoms. The molecule has 0 atom stereocenters. The average molecular weight is 225 g/mol. The molecule has 2 rings (SSSR count). The average Bonchev–Trinajstić information content (AvgIpc) is 2.72. The van der Waals surface area contributed by atoms with E-state index in [1.54, 1.807) is 6.33 Å². The fraction of sp³-hybridized carbons (Fsp3) is 0.545. The molecule has 0 fully saturated rings. The first-order chi connectivity index (χ1) is 7.77. The minimum absolute atomic E-state index is 0.375. The molecular weight excluding hydrogens is 206 g/mol. The second-order valence-electron chi connectivity index (χ2n) is 3.00. The van der Waals surface area contributed by atoms with E-state index in [0.29, 0.717) is 6.47 Å². The lowest BCUT2D eigenvalue weighted by Crippen LogP contribution is -2.07. The van der Waals surface area contributed by atoms with Crippen molar-refractivity contribution < 1.29 is 9.53 Å². The van der Waals surface area contributed by atoms with Gasteiger partial charge in [0.05, 0.1) is 12.8 Å². The number of carbonyl (C=O) groups is 1. The molecule has 0 N–H and O–H groups in total. The summed E-state index contributed by atoms with van der Waals surface area (Å²) in [6, 6.07) is 0. The molecule has 0 saturated heterocycles. The van der Waals surface area contributed by atoms with Gasteiger partial charge in [-0.15, -0.1) is 0 Å². The first-order valence-electron chi connectivity index (χ1n) is 5.20.